The standard InChI is InChI=1S/C19H29NO2/c1-17(9-8-10-18(2)15-22-20(3)4)13-14-21-16-19-11-6-5-7-12-19/h5-7,10-13H,8-9,14-16H2,1-4H3. The van der Waals surface area contributed by atoms with Crippen LogP contribution in [0.2, 0.25) is 0 Å². The summed E-state index contributed by atoms with van der Waals surface area (Å²) in [7, 11) is 3.80. The summed E-state index contributed by atoms with van der Waals surface area (Å²) in [5, 5.41) is 1.73. The molecule has 0 aromatic heterocycles. The molecule has 0 atom stereocenters. The number of hydrogen-bond donors (Lipinski definition) is 0. The van der Waals surface area contributed by atoms with E-state index in [0.29, 0.717) is 19.8 Å². The fourth-order valence-corrected chi connectivity index (χ4v) is 1.89. The Morgan fingerprint density at radius 2 is 1.77 bits per heavy atom. The number of hydrogen-bond acceptors (Lipinski definition) is 3. The molecule has 0 aliphatic heterocycles. The summed E-state index contributed by atoms with van der Waals surface area (Å²) in [6, 6.07) is 10.3. The second-order valence-electron chi connectivity index (χ2n) is 5.73. The summed E-state index contributed by atoms with van der Waals surface area (Å²) >= 11 is 0. The van der Waals surface area contributed by atoms with Gasteiger partial charge in [0.1, 0.15) is 0 Å². The van der Waals surface area contributed by atoms with E-state index < -0.39 is 0 Å². The van der Waals surface area contributed by atoms with Gasteiger partial charge < -0.3 is 4.74 Å². The van der Waals surface area contributed by atoms with E-state index in [1.807, 2.05) is 32.3 Å². The summed E-state index contributed by atoms with van der Waals surface area (Å²) in [4.78, 5) is 5.41. The highest BCUT2D eigenvalue weighted by atomic mass is 16.7. The minimum Gasteiger partial charge on any atom is -0.373 e. The lowest BCUT2D eigenvalue weighted by Crippen LogP contribution is -2.13. The first kappa shape index (κ1) is 18.6. The van der Waals surface area contributed by atoms with Crippen LogP contribution in [0, 0.1) is 0 Å². The van der Waals surface area contributed by atoms with E-state index in [-0.39, 0.29) is 0 Å². The molecule has 0 amide bonds. The molecule has 0 radical (unpaired) electrons. The second-order valence-corrected chi connectivity index (χ2v) is 5.73. The van der Waals surface area contributed by atoms with Crippen molar-refractivity contribution in [3.05, 3.63) is 59.2 Å². The van der Waals surface area contributed by atoms with Crippen LogP contribution in [0.5, 0.6) is 0 Å². The van der Waals surface area contributed by atoms with Crippen LogP contribution < -0.4 is 0 Å². The zero-order chi connectivity index (χ0) is 16.2. The van der Waals surface area contributed by atoms with Crippen LogP contribution in [0.1, 0.15) is 32.3 Å². The Kier molecular flexibility index (Phi) is 9.47. The normalized spacial score (nSPS) is 13.0. The van der Waals surface area contributed by atoms with Gasteiger partial charge in [-0.05, 0) is 37.8 Å². The fraction of sp³-hybridized carbons (Fsp3) is 0.474. The number of rotatable bonds is 10. The van der Waals surface area contributed by atoms with Gasteiger partial charge in [-0.1, -0.05) is 48.1 Å². The molecule has 0 spiro atoms. The maximum absolute atomic E-state index is 5.67. The molecule has 0 unspecified atom stereocenters. The second kappa shape index (κ2) is 11.2. The molecule has 1 rings (SSSR count). The lowest BCUT2D eigenvalue weighted by atomic mass is 10.1. The van der Waals surface area contributed by atoms with Crippen molar-refractivity contribution in [1.82, 2.24) is 5.06 Å². The highest BCUT2D eigenvalue weighted by molar-refractivity contribution is 5.13. The zero-order valence-corrected chi connectivity index (χ0v) is 14.3. The Labute approximate surface area is 135 Å². The first-order chi connectivity index (χ1) is 10.6. The number of hydroxylamine groups is 2. The summed E-state index contributed by atoms with van der Waals surface area (Å²) in [5.41, 5.74) is 3.85. The molecule has 0 N–H and O–H groups in total. The first-order valence-electron chi connectivity index (χ1n) is 7.81. The van der Waals surface area contributed by atoms with Gasteiger partial charge in [-0.25, -0.2) is 0 Å². The summed E-state index contributed by atoms with van der Waals surface area (Å²) in [6.45, 7) is 6.27. The SMILES string of the molecule is CC(=CCOCc1ccccc1)CCC=C(C)CON(C)C. The molecule has 3 nitrogen and oxygen atoms in total. The molecule has 3 heteroatoms. The van der Waals surface area contributed by atoms with Gasteiger partial charge in [-0.3, -0.25) is 4.84 Å². The van der Waals surface area contributed by atoms with Gasteiger partial charge in [0.2, 0.25) is 0 Å². The van der Waals surface area contributed by atoms with Crippen molar-refractivity contribution in [2.75, 3.05) is 27.3 Å². The average Bonchev–Trinajstić information content (AvgIpc) is 2.50. The third kappa shape index (κ3) is 9.50. The van der Waals surface area contributed by atoms with Gasteiger partial charge in [-0.15, -0.1) is 0 Å². The summed E-state index contributed by atoms with van der Waals surface area (Å²) in [6.07, 6.45) is 6.52. The lowest BCUT2D eigenvalue weighted by molar-refractivity contribution is -0.108. The van der Waals surface area contributed by atoms with Crippen LogP contribution in [0.15, 0.2) is 53.6 Å². The van der Waals surface area contributed by atoms with E-state index in [1.165, 1.54) is 16.7 Å². The molecular formula is C19H29NO2. The van der Waals surface area contributed by atoms with Crippen LogP contribution in [0.4, 0.5) is 0 Å². The molecule has 1 aromatic rings. The maximum atomic E-state index is 5.67. The highest BCUT2D eigenvalue weighted by Gasteiger charge is 1.94. The molecule has 0 fully saturated rings. The van der Waals surface area contributed by atoms with E-state index in [2.05, 4.69) is 38.1 Å². The van der Waals surface area contributed by atoms with Gasteiger partial charge in [-0.2, -0.15) is 5.06 Å². The molecule has 22 heavy (non-hydrogen) atoms. The minimum atomic E-state index is 0.663. The predicted molar refractivity (Wildman–Crippen MR) is 92.5 cm³/mol. The van der Waals surface area contributed by atoms with E-state index in [0.717, 1.165) is 12.8 Å². The number of nitrogens with zero attached hydrogens (tertiary/aromatic N) is 1. The molecule has 0 saturated carbocycles. The van der Waals surface area contributed by atoms with E-state index in [9.17, 15) is 0 Å². The molecule has 0 heterocycles. The quantitative estimate of drug-likeness (QED) is 0.364. The Hall–Kier alpha value is -1.42. The molecule has 1 aromatic carbocycles. The van der Waals surface area contributed by atoms with Crippen molar-refractivity contribution in [2.45, 2.75) is 33.3 Å². The topological polar surface area (TPSA) is 21.7 Å². The average molecular weight is 303 g/mol. The number of ether oxygens (including phenoxy) is 1. The predicted octanol–water partition coefficient (Wildman–Crippen LogP) is 4.37. The number of allylic oxidation sites excluding steroid dienone is 2. The molecule has 122 valence electrons. The van der Waals surface area contributed by atoms with Gasteiger partial charge >= 0.3 is 0 Å². The Morgan fingerprint density at radius 3 is 2.45 bits per heavy atom. The van der Waals surface area contributed by atoms with Crippen molar-refractivity contribution in [2.24, 2.45) is 0 Å². The molecule has 0 aliphatic carbocycles. The molecule has 0 saturated heterocycles. The van der Waals surface area contributed by atoms with Crippen molar-refractivity contribution < 1.29 is 9.57 Å². The largest absolute Gasteiger partial charge is 0.373 e. The maximum Gasteiger partial charge on any atom is 0.0892 e. The molecule has 0 aliphatic rings. The Morgan fingerprint density at radius 1 is 1.05 bits per heavy atom. The Balaban J connectivity index is 2.16. The monoisotopic (exact) mass is 303 g/mol. The summed E-state index contributed by atoms with van der Waals surface area (Å²) in [5.74, 6) is 0. The highest BCUT2D eigenvalue weighted by Crippen LogP contribution is 2.08. The van der Waals surface area contributed by atoms with E-state index in [4.69, 9.17) is 9.57 Å². The third-order valence-corrected chi connectivity index (χ3v) is 3.24. The van der Waals surface area contributed by atoms with Crippen LogP contribution in [-0.2, 0) is 16.2 Å². The van der Waals surface area contributed by atoms with Crippen molar-refractivity contribution in [3.8, 4) is 0 Å². The minimum absolute atomic E-state index is 0.663. The van der Waals surface area contributed by atoms with Gasteiger partial charge in [0.05, 0.1) is 19.8 Å². The van der Waals surface area contributed by atoms with Crippen LogP contribution in [0.25, 0.3) is 0 Å². The van der Waals surface area contributed by atoms with Crippen molar-refractivity contribution >= 4 is 0 Å². The van der Waals surface area contributed by atoms with Crippen molar-refractivity contribution in [3.63, 3.8) is 0 Å². The van der Waals surface area contributed by atoms with Crippen LogP contribution in [0.3, 0.4) is 0 Å². The smallest absolute Gasteiger partial charge is 0.0892 e. The van der Waals surface area contributed by atoms with Gasteiger partial charge in [0, 0.05) is 14.1 Å². The fourth-order valence-electron chi connectivity index (χ4n) is 1.89. The van der Waals surface area contributed by atoms with Crippen molar-refractivity contribution in [1.29, 1.82) is 0 Å². The summed E-state index contributed by atoms with van der Waals surface area (Å²) < 4.78 is 5.67. The lowest BCUT2D eigenvalue weighted by Gasteiger charge is -2.10. The first-order valence-corrected chi connectivity index (χ1v) is 7.81. The van der Waals surface area contributed by atoms with Gasteiger partial charge in [0.15, 0.2) is 0 Å². The van der Waals surface area contributed by atoms with Crippen LogP contribution in [-0.4, -0.2) is 32.4 Å². The van der Waals surface area contributed by atoms with E-state index >= 15 is 0 Å². The third-order valence-electron chi connectivity index (χ3n) is 3.24. The van der Waals surface area contributed by atoms with Gasteiger partial charge in [0.25, 0.3) is 0 Å². The van der Waals surface area contributed by atoms with Crippen LogP contribution >= 0.6 is 0 Å². The molecule has 0 bridgehead atoms. The Bertz CT molecular complexity index is 464. The zero-order valence-electron chi connectivity index (χ0n) is 14.3. The molecular weight excluding hydrogens is 274 g/mol. The number of benzene rings is 1. The van der Waals surface area contributed by atoms with E-state index in [1.54, 1.807) is 5.06 Å².